The van der Waals surface area contributed by atoms with E-state index in [1.54, 1.807) is 0 Å². The number of H-pyrrole nitrogens is 1. The van der Waals surface area contributed by atoms with E-state index in [2.05, 4.69) is 50.0 Å². The fraction of sp³-hybridized carbons (Fsp3) is 0.714. The maximum Gasteiger partial charge on any atom is 0.0642 e. The van der Waals surface area contributed by atoms with Crippen LogP contribution in [0.1, 0.15) is 33.3 Å². The number of aromatic nitrogens is 1. The van der Waals surface area contributed by atoms with Crippen molar-refractivity contribution in [2.24, 2.45) is 5.92 Å². The molecule has 1 aromatic rings. The molecule has 0 radical (unpaired) electrons. The Hall–Kier alpha value is -0.960. The smallest absolute Gasteiger partial charge is 0.0642 e. The lowest BCUT2D eigenvalue weighted by molar-refractivity contribution is 0.122. The van der Waals surface area contributed by atoms with Gasteiger partial charge in [0.1, 0.15) is 0 Å². The third-order valence-corrected chi connectivity index (χ3v) is 4.21. The first-order chi connectivity index (χ1) is 8.03. The Morgan fingerprint density at radius 1 is 1.24 bits per heavy atom. The minimum Gasteiger partial charge on any atom is -0.378 e. The van der Waals surface area contributed by atoms with Gasteiger partial charge in [0.2, 0.25) is 0 Å². The van der Waals surface area contributed by atoms with E-state index in [9.17, 15) is 0 Å². The molecule has 0 amide bonds. The molecule has 0 saturated carbocycles. The summed E-state index contributed by atoms with van der Waals surface area (Å²) in [5.74, 6) is 0.623. The Morgan fingerprint density at radius 3 is 2.47 bits per heavy atom. The molecular formula is C14H24N2O. The minimum atomic E-state index is 0.202. The van der Waals surface area contributed by atoms with Crippen LogP contribution in [0.2, 0.25) is 0 Å². The molecule has 96 valence electrons. The quantitative estimate of drug-likeness (QED) is 0.874. The van der Waals surface area contributed by atoms with Crippen molar-refractivity contribution in [3.05, 3.63) is 18.0 Å². The van der Waals surface area contributed by atoms with Crippen LogP contribution in [-0.4, -0.2) is 31.3 Å². The van der Waals surface area contributed by atoms with Gasteiger partial charge in [-0.25, -0.2) is 0 Å². The van der Waals surface area contributed by atoms with E-state index in [0.29, 0.717) is 5.92 Å². The molecule has 1 aliphatic rings. The Labute approximate surface area is 104 Å². The summed E-state index contributed by atoms with van der Waals surface area (Å²) in [5, 5.41) is 0. The molecule has 0 spiro atoms. The Morgan fingerprint density at radius 2 is 1.88 bits per heavy atom. The summed E-state index contributed by atoms with van der Waals surface area (Å²) in [5.41, 5.74) is 2.98. The summed E-state index contributed by atoms with van der Waals surface area (Å²) in [6.07, 6.45) is 4.29. The molecule has 2 rings (SSSR count). The van der Waals surface area contributed by atoms with Crippen LogP contribution in [0.25, 0.3) is 0 Å². The number of nitrogens with one attached hydrogen (secondary N) is 1. The SMILES string of the molecule is CC(C)C(C)(C)c1c[nH]cc1N1CCOCC1. The lowest BCUT2D eigenvalue weighted by atomic mass is 9.75. The third kappa shape index (κ3) is 2.34. The van der Waals surface area contributed by atoms with E-state index in [4.69, 9.17) is 4.74 Å². The predicted octanol–water partition coefficient (Wildman–Crippen LogP) is 2.78. The van der Waals surface area contributed by atoms with Crippen molar-refractivity contribution >= 4 is 5.69 Å². The van der Waals surface area contributed by atoms with E-state index in [0.717, 1.165) is 26.3 Å². The van der Waals surface area contributed by atoms with Crippen LogP contribution in [-0.2, 0) is 10.2 Å². The second kappa shape index (κ2) is 4.73. The summed E-state index contributed by atoms with van der Waals surface area (Å²) in [6.45, 7) is 12.9. The van der Waals surface area contributed by atoms with Crippen molar-refractivity contribution < 1.29 is 4.74 Å². The van der Waals surface area contributed by atoms with Crippen LogP contribution in [0.4, 0.5) is 5.69 Å². The molecule has 1 N–H and O–H groups in total. The minimum absolute atomic E-state index is 0.202. The van der Waals surface area contributed by atoms with Gasteiger partial charge < -0.3 is 14.6 Å². The van der Waals surface area contributed by atoms with Crippen molar-refractivity contribution in [3.63, 3.8) is 0 Å². The van der Waals surface area contributed by atoms with Crippen LogP contribution >= 0.6 is 0 Å². The Balaban J connectivity index is 2.27. The van der Waals surface area contributed by atoms with Crippen LogP contribution in [0.15, 0.2) is 12.4 Å². The van der Waals surface area contributed by atoms with E-state index in [1.165, 1.54) is 11.3 Å². The normalized spacial score (nSPS) is 17.8. The van der Waals surface area contributed by atoms with Crippen molar-refractivity contribution in [2.45, 2.75) is 33.1 Å². The molecule has 0 aromatic carbocycles. The highest BCUT2D eigenvalue weighted by molar-refractivity contribution is 5.55. The van der Waals surface area contributed by atoms with Crippen molar-refractivity contribution in [2.75, 3.05) is 31.2 Å². The maximum atomic E-state index is 5.42. The number of anilines is 1. The molecule has 0 unspecified atom stereocenters. The number of nitrogens with zero attached hydrogens (tertiary/aromatic N) is 1. The molecule has 1 aliphatic heterocycles. The summed E-state index contributed by atoms with van der Waals surface area (Å²) >= 11 is 0. The highest BCUT2D eigenvalue weighted by Gasteiger charge is 2.30. The lowest BCUT2D eigenvalue weighted by Crippen LogP contribution is -2.38. The van der Waals surface area contributed by atoms with Gasteiger partial charge in [0.15, 0.2) is 0 Å². The molecule has 2 heterocycles. The van der Waals surface area contributed by atoms with Crippen LogP contribution in [0.3, 0.4) is 0 Å². The lowest BCUT2D eigenvalue weighted by Gasteiger charge is -2.35. The van der Waals surface area contributed by atoms with Gasteiger partial charge in [-0.1, -0.05) is 27.7 Å². The van der Waals surface area contributed by atoms with Gasteiger partial charge in [0.25, 0.3) is 0 Å². The summed E-state index contributed by atoms with van der Waals surface area (Å²) in [6, 6.07) is 0. The van der Waals surface area contributed by atoms with Gasteiger partial charge in [0.05, 0.1) is 18.9 Å². The first kappa shape index (κ1) is 12.5. The van der Waals surface area contributed by atoms with Crippen LogP contribution < -0.4 is 4.90 Å². The van der Waals surface area contributed by atoms with Crippen molar-refractivity contribution in [1.29, 1.82) is 0 Å². The number of hydrogen-bond acceptors (Lipinski definition) is 2. The second-order valence-corrected chi connectivity index (χ2v) is 5.73. The number of morpholine rings is 1. The molecular weight excluding hydrogens is 212 g/mol. The zero-order valence-corrected chi connectivity index (χ0v) is 11.4. The second-order valence-electron chi connectivity index (χ2n) is 5.73. The summed E-state index contributed by atoms with van der Waals surface area (Å²) in [4.78, 5) is 5.70. The fourth-order valence-corrected chi connectivity index (χ4v) is 2.25. The molecule has 1 aromatic heterocycles. The number of ether oxygens (including phenoxy) is 1. The van der Waals surface area contributed by atoms with E-state index in [-0.39, 0.29) is 5.41 Å². The average Bonchev–Trinajstić information content (AvgIpc) is 2.79. The van der Waals surface area contributed by atoms with Gasteiger partial charge in [0, 0.05) is 25.5 Å². The molecule has 17 heavy (non-hydrogen) atoms. The van der Waals surface area contributed by atoms with E-state index >= 15 is 0 Å². The van der Waals surface area contributed by atoms with Gasteiger partial charge >= 0.3 is 0 Å². The van der Waals surface area contributed by atoms with Gasteiger partial charge in [-0.15, -0.1) is 0 Å². The zero-order valence-electron chi connectivity index (χ0n) is 11.4. The first-order valence-corrected chi connectivity index (χ1v) is 6.53. The Bertz CT molecular complexity index is 362. The standard InChI is InChI=1S/C14H24N2O/c1-11(2)14(3,4)12-9-15-10-13(12)16-5-7-17-8-6-16/h9-11,15H,5-8H2,1-4H3. The Kier molecular flexibility index (Phi) is 3.48. The van der Waals surface area contributed by atoms with Gasteiger partial charge in [-0.3, -0.25) is 0 Å². The number of hydrogen-bond donors (Lipinski definition) is 1. The topological polar surface area (TPSA) is 28.3 Å². The average molecular weight is 236 g/mol. The molecule has 0 bridgehead atoms. The molecule has 0 aliphatic carbocycles. The van der Waals surface area contributed by atoms with Crippen LogP contribution in [0.5, 0.6) is 0 Å². The monoisotopic (exact) mass is 236 g/mol. The van der Waals surface area contributed by atoms with E-state index in [1.807, 2.05) is 0 Å². The van der Waals surface area contributed by atoms with Gasteiger partial charge in [-0.05, 0) is 16.9 Å². The number of aromatic amines is 1. The molecule has 3 heteroatoms. The highest BCUT2D eigenvalue weighted by atomic mass is 16.5. The fourth-order valence-electron chi connectivity index (χ4n) is 2.25. The largest absolute Gasteiger partial charge is 0.378 e. The highest BCUT2D eigenvalue weighted by Crippen LogP contribution is 2.37. The first-order valence-electron chi connectivity index (χ1n) is 6.53. The molecule has 0 atom stereocenters. The van der Waals surface area contributed by atoms with Gasteiger partial charge in [-0.2, -0.15) is 0 Å². The predicted molar refractivity (Wildman–Crippen MR) is 71.7 cm³/mol. The maximum absolute atomic E-state index is 5.42. The zero-order chi connectivity index (χ0) is 12.5. The number of rotatable bonds is 3. The molecule has 1 saturated heterocycles. The summed E-state index contributed by atoms with van der Waals surface area (Å²) in [7, 11) is 0. The molecule has 3 nitrogen and oxygen atoms in total. The van der Waals surface area contributed by atoms with Crippen LogP contribution in [0, 0.1) is 5.92 Å². The third-order valence-electron chi connectivity index (χ3n) is 4.21. The summed E-state index contributed by atoms with van der Waals surface area (Å²) < 4.78 is 5.42. The molecule has 1 fully saturated rings. The van der Waals surface area contributed by atoms with E-state index < -0.39 is 0 Å². The van der Waals surface area contributed by atoms with Crippen molar-refractivity contribution in [1.82, 2.24) is 4.98 Å². The van der Waals surface area contributed by atoms with Crippen molar-refractivity contribution in [3.8, 4) is 0 Å².